The van der Waals surface area contributed by atoms with Gasteiger partial charge in [0.05, 0.1) is 0 Å². The molecule has 2 nitrogen and oxygen atoms in total. The Morgan fingerprint density at radius 2 is 2.14 bits per heavy atom. The number of rotatable bonds is 3. The maximum atomic E-state index is 3.75. The molecule has 2 aliphatic rings. The minimum absolute atomic E-state index is 0.526. The van der Waals surface area contributed by atoms with Crippen LogP contribution in [0.25, 0.3) is 0 Å². The van der Waals surface area contributed by atoms with E-state index in [1.807, 2.05) is 0 Å². The zero-order chi connectivity index (χ0) is 10.0. The summed E-state index contributed by atoms with van der Waals surface area (Å²) in [4.78, 5) is 0. The van der Waals surface area contributed by atoms with E-state index >= 15 is 0 Å². The van der Waals surface area contributed by atoms with Crippen molar-refractivity contribution in [1.82, 2.24) is 10.6 Å². The molecule has 2 heteroatoms. The average molecular weight is 196 g/mol. The van der Waals surface area contributed by atoms with E-state index in [9.17, 15) is 0 Å². The fourth-order valence-electron chi connectivity index (χ4n) is 2.92. The molecule has 1 heterocycles. The number of nitrogens with one attached hydrogen (secondary N) is 2. The largest absolute Gasteiger partial charge is 0.313 e. The van der Waals surface area contributed by atoms with Gasteiger partial charge in [-0.15, -0.1) is 0 Å². The van der Waals surface area contributed by atoms with Crippen molar-refractivity contribution in [3.05, 3.63) is 0 Å². The average Bonchev–Trinajstić information content (AvgIpc) is 2.71. The van der Waals surface area contributed by atoms with E-state index in [0.717, 1.165) is 12.1 Å². The molecule has 1 saturated heterocycles. The molecule has 82 valence electrons. The van der Waals surface area contributed by atoms with Crippen LogP contribution in [-0.4, -0.2) is 25.2 Å². The van der Waals surface area contributed by atoms with Crippen LogP contribution in [0.2, 0.25) is 0 Å². The van der Waals surface area contributed by atoms with Gasteiger partial charge in [-0.05, 0) is 37.6 Å². The predicted molar refractivity (Wildman–Crippen MR) is 60.4 cm³/mol. The van der Waals surface area contributed by atoms with Crippen molar-refractivity contribution >= 4 is 0 Å². The summed E-state index contributed by atoms with van der Waals surface area (Å²) in [5.74, 6) is 0. The quantitative estimate of drug-likeness (QED) is 0.720. The fourth-order valence-corrected chi connectivity index (χ4v) is 2.92. The lowest BCUT2D eigenvalue weighted by Gasteiger charge is -2.29. The van der Waals surface area contributed by atoms with E-state index in [2.05, 4.69) is 24.5 Å². The van der Waals surface area contributed by atoms with Gasteiger partial charge in [0.15, 0.2) is 0 Å². The van der Waals surface area contributed by atoms with Crippen LogP contribution in [0.15, 0.2) is 0 Å². The van der Waals surface area contributed by atoms with Crippen molar-refractivity contribution in [1.29, 1.82) is 0 Å². The molecule has 0 aromatic heterocycles. The Labute approximate surface area is 87.8 Å². The van der Waals surface area contributed by atoms with E-state index in [1.165, 1.54) is 45.2 Å². The summed E-state index contributed by atoms with van der Waals surface area (Å²) in [5, 5.41) is 7.30. The number of hydrogen-bond donors (Lipinski definition) is 2. The van der Waals surface area contributed by atoms with E-state index in [0.29, 0.717) is 5.41 Å². The zero-order valence-corrected chi connectivity index (χ0v) is 9.60. The molecular formula is C12H24N2. The van der Waals surface area contributed by atoms with Crippen LogP contribution in [0.3, 0.4) is 0 Å². The highest BCUT2D eigenvalue weighted by Crippen LogP contribution is 2.37. The Hall–Kier alpha value is -0.0800. The highest BCUT2D eigenvalue weighted by Gasteiger charge is 2.34. The molecule has 1 aliphatic heterocycles. The topological polar surface area (TPSA) is 24.1 Å². The third-order valence-electron chi connectivity index (χ3n) is 4.03. The van der Waals surface area contributed by atoms with Gasteiger partial charge in [-0.3, -0.25) is 0 Å². The van der Waals surface area contributed by atoms with Crippen LogP contribution in [0.5, 0.6) is 0 Å². The van der Waals surface area contributed by atoms with E-state index in [-0.39, 0.29) is 0 Å². The monoisotopic (exact) mass is 196 g/mol. The maximum Gasteiger partial charge on any atom is 0.0193 e. The van der Waals surface area contributed by atoms with Crippen LogP contribution >= 0.6 is 0 Å². The maximum absolute atomic E-state index is 3.75. The van der Waals surface area contributed by atoms with Crippen molar-refractivity contribution < 1.29 is 0 Å². The summed E-state index contributed by atoms with van der Waals surface area (Å²) >= 11 is 0. The third kappa shape index (κ3) is 2.29. The van der Waals surface area contributed by atoms with E-state index in [4.69, 9.17) is 0 Å². The molecule has 2 atom stereocenters. The van der Waals surface area contributed by atoms with Gasteiger partial charge in [0.25, 0.3) is 0 Å². The smallest absolute Gasteiger partial charge is 0.0193 e. The molecule has 0 spiro atoms. The molecule has 0 aromatic rings. The van der Waals surface area contributed by atoms with Crippen LogP contribution in [0.1, 0.15) is 46.0 Å². The second kappa shape index (κ2) is 4.19. The fraction of sp³-hybridized carbons (Fsp3) is 1.00. The van der Waals surface area contributed by atoms with Gasteiger partial charge in [0, 0.05) is 18.6 Å². The van der Waals surface area contributed by atoms with Gasteiger partial charge in [0.1, 0.15) is 0 Å². The minimum atomic E-state index is 0.526. The Balaban J connectivity index is 1.74. The lowest BCUT2D eigenvalue weighted by atomic mass is 9.87. The second-order valence-electron chi connectivity index (χ2n) is 5.63. The first-order chi connectivity index (χ1) is 6.68. The Morgan fingerprint density at radius 3 is 2.71 bits per heavy atom. The summed E-state index contributed by atoms with van der Waals surface area (Å²) in [6.45, 7) is 7.20. The van der Waals surface area contributed by atoms with Crippen LogP contribution in [0.4, 0.5) is 0 Å². The van der Waals surface area contributed by atoms with Crippen molar-refractivity contribution in [2.24, 2.45) is 5.41 Å². The Bertz CT molecular complexity index is 183. The first kappa shape index (κ1) is 10.4. The Morgan fingerprint density at radius 1 is 1.29 bits per heavy atom. The zero-order valence-electron chi connectivity index (χ0n) is 9.60. The van der Waals surface area contributed by atoms with Gasteiger partial charge in [0.2, 0.25) is 0 Å². The summed E-state index contributed by atoms with van der Waals surface area (Å²) in [7, 11) is 0. The standard InChI is InChI=1S/C12H24N2/c1-12(2)7-3-6-11(12)14-9-10-5-4-8-13-10/h10-11,13-14H,3-9H2,1-2H3. The SMILES string of the molecule is CC1(C)CCCC1NCC1CCCN1. The van der Waals surface area contributed by atoms with E-state index in [1.54, 1.807) is 0 Å². The molecule has 2 N–H and O–H groups in total. The molecule has 2 fully saturated rings. The third-order valence-corrected chi connectivity index (χ3v) is 4.03. The van der Waals surface area contributed by atoms with Crippen molar-refractivity contribution in [3.63, 3.8) is 0 Å². The normalized spacial score (nSPS) is 36.4. The molecule has 1 aliphatic carbocycles. The summed E-state index contributed by atoms with van der Waals surface area (Å²) in [6.07, 6.45) is 6.89. The van der Waals surface area contributed by atoms with Crippen LogP contribution in [0, 0.1) is 5.41 Å². The molecule has 0 bridgehead atoms. The molecule has 1 saturated carbocycles. The van der Waals surface area contributed by atoms with Crippen LogP contribution in [-0.2, 0) is 0 Å². The molecular weight excluding hydrogens is 172 g/mol. The summed E-state index contributed by atoms with van der Waals surface area (Å²) in [6, 6.07) is 1.50. The Kier molecular flexibility index (Phi) is 3.13. The van der Waals surface area contributed by atoms with Gasteiger partial charge >= 0.3 is 0 Å². The van der Waals surface area contributed by atoms with Crippen molar-refractivity contribution in [2.45, 2.75) is 58.0 Å². The highest BCUT2D eigenvalue weighted by molar-refractivity contribution is 4.91. The molecule has 2 rings (SSSR count). The van der Waals surface area contributed by atoms with Gasteiger partial charge in [-0.1, -0.05) is 20.3 Å². The highest BCUT2D eigenvalue weighted by atomic mass is 15.0. The summed E-state index contributed by atoms with van der Waals surface area (Å²) in [5.41, 5.74) is 0.526. The second-order valence-corrected chi connectivity index (χ2v) is 5.63. The van der Waals surface area contributed by atoms with Gasteiger partial charge < -0.3 is 10.6 Å². The minimum Gasteiger partial charge on any atom is -0.313 e. The van der Waals surface area contributed by atoms with Gasteiger partial charge in [-0.2, -0.15) is 0 Å². The first-order valence-electron chi connectivity index (χ1n) is 6.15. The van der Waals surface area contributed by atoms with E-state index < -0.39 is 0 Å². The van der Waals surface area contributed by atoms with Crippen molar-refractivity contribution in [2.75, 3.05) is 13.1 Å². The number of hydrogen-bond acceptors (Lipinski definition) is 2. The first-order valence-corrected chi connectivity index (χ1v) is 6.15. The van der Waals surface area contributed by atoms with Crippen LogP contribution < -0.4 is 10.6 Å². The lowest BCUT2D eigenvalue weighted by Crippen LogP contribution is -2.43. The molecule has 2 unspecified atom stereocenters. The molecule has 14 heavy (non-hydrogen) atoms. The molecule has 0 aromatic carbocycles. The molecule has 0 radical (unpaired) electrons. The summed E-state index contributed by atoms with van der Waals surface area (Å²) < 4.78 is 0. The lowest BCUT2D eigenvalue weighted by molar-refractivity contribution is 0.277. The predicted octanol–water partition coefficient (Wildman–Crippen LogP) is 1.91. The molecule has 0 amide bonds. The van der Waals surface area contributed by atoms with Crippen molar-refractivity contribution in [3.8, 4) is 0 Å². The van der Waals surface area contributed by atoms with Gasteiger partial charge in [-0.25, -0.2) is 0 Å².